The highest BCUT2D eigenvalue weighted by Gasteiger charge is 2.18. The van der Waals surface area contributed by atoms with Gasteiger partial charge < -0.3 is 10.0 Å². The van der Waals surface area contributed by atoms with Crippen LogP contribution in [0, 0.1) is 12.7 Å². The molecule has 0 radical (unpaired) electrons. The van der Waals surface area contributed by atoms with E-state index in [9.17, 15) is 9.50 Å². The topological polar surface area (TPSA) is 36.4 Å². The zero-order valence-corrected chi connectivity index (χ0v) is 11.7. The first-order chi connectivity index (χ1) is 8.78. The number of nitrogens with zero attached hydrogens (tertiary/aromatic N) is 2. The number of aromatic nitrogens is 1. The molecule has 0 saturated carbocycles. The molecule has 0 unspecified atom stereocenters. The zero-order valence-electron chi connectivity index (χ0n) is 11.7. The Kier molecular flexibility index (Phi) is 3.45. The van der Waals surface area contributed by atoms with Gasteiger partial charge in [-0.3, -0.25) is 0 Å². The van der Waals surface area contributed by atoms with Crippen LogP contribution >= 0.6 is 0 Å². The summed E-state index contributed by atoms with van der Waals surface area (Å²) in [6, 6.07) is 6.85. The first-order valence-corrected chi connectivity index (χ1v) is 6.27. The highest BCUT2D eigenvalue weighted by atomic mass is 19.1. The molecule has 0 saturated heterocycles. The van der Waals surface area contributed by atoms with Gasteiger partial charge in [-0.15, -0.1) is 0 Å². The number of hydrogen-bond donors (Lipinski definition) is 1. The number of anilines is 1. The molecule has 3 nitrogen and oxygen atoms in total. The second-order valence-corrected chi connectivity index (χ2v) is 5.59. The lowest BCUT2D eigenvalue weighted by molar-refractivity contribution is 0.0887. The van der Waals surface area contributed by atoms with Crippen LogP contribution in [0.15, 0.2) is 24.3 Å². The number of aryl methyl sites for hydroxylation is 1. The smallest absolute Gasteiger partial charge is 0.149 e. The molecule has 4 heteroatoms. The lowest BCUT2D eigenvalue weighted by Crippen LogP contribution is -2.36. The number of halogens is 1. The molecule has 2 rings (SSSR count). The zero-order chi connectivity index (χ0) is 14.2. The molecule has 0 aliphatic rings. The van der Waals surface area contributed by atoms with E-state index in [0.29, 0.717) is 12.1 Å². The molecule has 102 valence electrons. The van der Waals surface area contributed by atoms with Gasteiger partial charge in [0.2, 0.25) is 0 Å². The Morgan fingerprint density at radius 1 is 1.37 bits per heavy atom. The van der Waals surface area contributed by atoms with Crippen LogP contribution in [0.2, 0.25) is 0 Å². The Morgan fingerprint density at radius 3 is 2.68 bits per heavy atom. The van der Waals surface area contributed by atoms with Crippen molar-refractivity contribution in [3.05, 3.63) is 35.8 Å². The van der Waals surface area contributed by atoms with Crippen LogP contribution in [0.3, 0.4) is 0 Å². The van der Waals surface area contributed by atoms with Crippen molar-refractivity contribution in [3.8, 4) is 0 Å². The summed E-state index contributed by atoms with van der Waals surface area (Å²) in [4.78, 5) is 6.18. The molecule has 0 atom stereocenters. The van der Waals surface area contributed by atoms with Gasteiger partial charge in [0.15, 0.2) is 0 Å². The average Bonchev–Trinajstić information content (AvgIpc) is 2.27. The van der Waals surface area contributed by atoms with Crippen molar-refractivity contribution in [1.29, 1.82) is 0 Å². The molecule has 0 amide bonds. The minimum absolute atomic E-state index is 0.320. The summed E-state index contributed by atoms with van der Waals surface area (Å²) in [5.74, 6) is -0.320. The van der Waals surface area contributed by atoms with E-state index in [1.807, 2.05) is 31.0 Å². The molecule has 1 N–H and O–H groups in total. The molecule has 0 fully saturated rings. The van der Waals surface area contributed by atoms with Crippen molar-refractivity contribution < 1.29 is 9.50 Å². The third-order valence-corrected chi connectivity index (χ3v) is 2.93. The van der Waals surface area contributed by atoms with E-state index in [-0.39, 0.29) is 5.82 Å². The first kappa shape index (κ1) is 13.7. The fourth-order valence-electron chi connectivity index (χ4n) is 2.30. The van der Waals surface area contributed by atoms with Gasteiger partial charge in [-0.2, -0.15) is 0 Å². The van der Waals surface area contributed by atoms with Gasteiger partial charge in [-0.1, -0.05) is 12.1 Å². The quantitative estimate of drug-likeness (QED) is 0.924. The molecule has 1 aromatic carbocycles. The average molecular weight is 262 g/mol. The fourth-order valence-corrected chi connectivity index (χ4v) is 2.30. The Balaban J connectivity index is 2.57. The summed E-state index contributed by atoms with van der Waals surface area (Å²) in [6.45, 7) is 5.80. The summed E-state index contributed by atoms with van der Waals surface area (Å²) in [7, 11) is 1.89. The molecule has 2 aromatic rings. The highest BCUT2D eigenvalue weighted by molar-refractivity contribution is 5.92. The van der Waals surface area contributed by atoms with Gasteiger partial charge in [0.05, 0.1) is 5.60 Å². The molecule has 1 heterocycles. The number of para-hydroxylation sites is 1. The molecule has 1 aromatic heterocycles. The lowest BCUT2D eigenvalue weighted by atomic mass is 10.1. The van der Waals surface area contributed by atoms with E-state index in [0.717, 1.165) is 16.8 Å². The van der Waals surface area contributed by atoms with Crippen LogP contribution in [-0.4, -0.2) is 29.3 Å². The van der Waals surface area contributed by atoms with Crippen molar-refractivity contribution in [2.75, 3.05) is 18.5 Å². The van der Waals surface area contributed by atoms with Crippen LogP contribution in [0.25, 0.3) is 10.9 Å². The Bertz CT molecular complexity index is 605. The SMILES string of the molecule is Cc1cc(N(C)CC(C)(C)O)c2cccc(F)c2n1. The van der Waals surface area contributed by atoms with Crippen LogP contribution in [0.1, 0.15) is 19.5 Å². The van der Waals surface area contributed by atoms with Gasteiger partial charge in [0.1, 0.15) is 11.3 Å². The molecular formula is C15H19FN2O. The minimum Gasteiger partial charge on any atom is -0.389 e. The number of rotatable bonds is 3. The number of benzene rings is 1. The van der Waals surface area contributed by atoms with Gasteiger partial charge in [0, 0.05) is 30.4 Å². The van der Waals surface area contributed by atoms with Gasteiger partial charge in [-0.25, -0.2) is 9.37 Å². The molecule has 0 bridgehead atoms. The van der Waals surface area contributed by atoms with E-state index in [1.165, 1.54) is 6.07 Å². The van der Waals surface area contributed by atoms with Crippen molar-refractivity contribution in [3.63, 3.8) is 0 Å². The number of pyridine rings is 1. The number of likely N-dealkylation sites (N-methyl/N-ethyl adjacent to an activating group) is 1. The van der Waals surface area contributed by atoms with E-state index in [1.54, 1.807) is 19.9 Å². The van der Waals surface area contributed by atoms with Crippen LogP contribution in [-0.2, 0) is 0 Å². The van der Waals surface area contributed by atoms with Gasteiger partial charge in [0.25, 0.3) is 0 Å². The summed E-state index contributed by atoms with van der Waals surface area (Å²) >= 11 is 0. The molecule has 19 heavy (non-hydrogen) atoms. The Labute approximate surface area is 112 Å². The third kappa shape index (κ3) is 3.01. The maximum Gasteiger partial charge on any atom is 0.149 e. The molecule has 0 aliphatic heterocycles. The van der Waals surface area contributed by atoms with Crippen molar-refractivity contribution in [1.82, 2.24) is 4.98 Å². The van der Waals surface area contributed by atoms with Crippen LogP contribution < -0.4 is 4.90 Å². The normalized spacial score (nSPS) is 11.9. The Hall–Kier alpha value is -1.68. The first-order valence-electron chi connectivity index (χ1n) is 6.27. The molecular weight excluding hydrogens is 243 g/mol. The number of aliphatic hydroxyl groups is 1. The summed E-state index contributed by atoms with van der Waals surface area (Å²) < 4.78 is 13.8. The second-order valence-electron chi connectivity index (χ2n) is 5.59. The van der Waals surface area contributed by atoms with E-state index in [2.05, 4.69) is 4.98 Å². The van der Waals surface area contributed by atoms with Crippen molar-refractivity contribution >= 4 is 16.6 Å². The largest absolute Gasteiger partial charge is 0.389 e. The second kappa shape index (κ2) is 4.78. The Morgan fingerprint density at radius 2 is 2.05 bits per heavy atom. The maximum absolute atomic E-state index is 13.8. The highest BCUT2D eigenvalue weighted by Crippen LogP contribution is 2.28. The monoisotopic (exact) mass is 262 g/mol. The number of hydrogen-bond acceptors (Lipinski definition) is 3. The molecule has 0 spiro atoms. The fraction of sp³-hybridized carbons (Fsp3) is 0.400. The summed E-state index contributed by atoms with van der Waals surface area (Å²) in [5, 5.41) is 10.7. The third-order valence-electron chi connectivity index (χ3n) is 2.93. The summed E-state index contributed by atoms with van der Waals surface area (Å²) in [5.41, 5.74) is 1.20. The maximum atomic E-state index is 13.8. The lowest BCUT2D eigenvalue weighted by Gasteiger charge is -2.28. The minimum atomic E-state index is -0.814. The van der Waals surface area contributed by atoms with E-state index in [4.69, 9.17) is 0 Å². The van der Waals surface area contributed by atoms with E-state index >= 15 is 0 Å². The predicted molar refractivity (Wildman–Crippen MR) is 76.0 cm³/mol. The van der Waals surface area contributed by atoms with Gasteiger partial charge in [-0.05, 0) is 32.9 Å². The predicted octanol–water partition coefficient (Wildman–Crippen LogP) is 2.89. The van der Waals surface area contributed by atoms with Crippen molar-refractivity contribution in [2.45, 2.75) is 26.4 Å². The van der Waals surface area contributed by atoms with Crippen molar-refractivity contribution in [2.24, 2.45) is 0 Å². The van der Waals surface area contributed by atoms with Gasteiger partial charge >= 0.3 is 0 Å². The van der Waals surface area contributed by atoms with Crippen LogP contribution in [0.4, 0.5) is 10.1 Å². The van der Waals surface area contributed by atoms with E-state index < -0.39 is 5.60 Å². The standard InChI is InChI=1S/C15H19FN2O/c1-10-8-13(18(4)9-15(2,3)19)11-6-5-7-12(16)14(11)17-10/h5-8,19H,9H2,1-4H3. The molecule has 0 aliphatic carbocycles. The number of fused-ring (bicyclic) bond motifs is 1. The van der Waals surface area contributed by atoms with Crippen LogP contribution in [0.5, 0.6) is 0 Å². The summed E-state index contributed by atoms with van der Waals surface area (Å²) in [6.07, 6.45) is 0.